The van der Waals surface area contributed by atoms with Crippen molar-refractivity contribution in [1.82, 2.24) is 4.31 Å². The van der Waals surface area contributed by atoms with E-state index < -0.39 is 21.4 Å². The average molecular weight is 343 g/mol. The number of carbonyl (C=O) groups is 1. The predicted molar refractivity (Wildman–Crippen MR) is 83.1 cm³/mol. The largest absolute Gasteiger partial charge is 0.492 e. The first kappa shape index (κ1) is 17.7. The van der Waals surface area contributed by atoms with Gasteiger partial charge in [-0.3, -0.25) is 4.79 Å². The van der Waals surface area contributed by atoms with Crippen LogP contribution in [0, 0.1) is 12.3 Å². The van der Waals surface area contributed by atoms with Crippen molar-refractivity contribution in [2.75, 3.05) is 33.4 Å². The number of aliphatic carboxylic acids is 1. The van der Waals surface area contributed by atoms with Crippen LogP contribution in [0.1, 0.15) is 12.5 Å². The Bertz CT molecular complexity index is 694. The first-order valence-corrected chi connectivity index (χ1v) is 8.67. The Morgan fingerprint density at radius 1 is 1.39 bits per heavy atom. The maximum Gasteiger partial charge on any atom is 0.314 e. The molecule has 0 bridgehead atoms. The Labute approximate surface area is 135 Å². The van der Waals surface area contributed by atoms with E-state index in [1.54, 1.807) is 26.0 Å². The highest BCUT2D eigenvalue weighted by Crippen LogP contribution is 2.38. The predicted octanol–water partition coefficient (Wildman–Crippen LogP) is 1.12. The lowest BCUT2D eigenvalue weighted by Crippen LogP contribution is -2.63. The van der Waals surface area contributed by atoms with Crippen molar-refractivity contribution in [3.63, 3.8) is 0 Å². The van der Waals surface area contributed by atoms with Crippen LogP contribution >= 0.6 is 0 Å². The smallest absolute Gasteiger partial charge is 0.314 e. The molecule has 0 amide bonds. The Hall–Kier alpha value is -1.64. The molecule has 0 atom stereocenters. The van der Waals surface area contributed by atoms with Gasteiger partial charge in [-0.2, -0.15) is 4.31 Å². The van der Waals surface area contributed by atoms with Gasteiger partial charge < -0.3 is 14.6 Å². The number of ether oxygens (including phenoxy) is 2. The molecule has 1 aromatic rings. The van der Waals surface area contributed by atoms with E-state index in [0.29, 0.717) is 6.61 Å². The topological polar surface area (TPSA) is 93.1 Å². The van der Waals surface area contributed by atoms with Gasteiger partial charge in [0, 0.05) is 20.2 Å². The van der Waals surface area contributed by atoms with E-state index >= 15 is 0 Å². The molecule has 0 spiro atoms. The highest BCUT2D eigenvalue weighted by molar-refractivity contribution is 7.89. The van der Waals surface area contributed by atoms with Gasteiger partial charge in [-0.1, -0.05) is 6.07 Å². The molecule has 0 radical (unpaired) electrons. The molecule has 8 heteroatoms. The highest BCUT2D eigenvalue weighted by atomic mass is 32.2. The summed E-state index contributed by atoms with van der Waals surface area (Å²) in [6, 6.07) is 4.93. The number of benzene rings is 1. The van der Waals surface area contributed by atoms with Gasteiger partial charge in [-0.05, 0) is 31.5 Å². The summed E-state index contributed by atoms with van der Waals surface area (Å²) in [5.41, 5.74) is -0.397. The zero-order valence-electron chi connectivity index (χ0n) is 13.4. The van der Waals surface area contributed by atoms with Crippen molar-refractivity contribution in [2.24, 2.45) is 5.41 Å². The molecule has 1 aliphatic rings. The average Bonchev–Trinajstić information content (AvgIpc) is 2.43. The number of methoxy groups -OCH3 is 1. The van der Waals surface area contributed by atoms with Crippen LogP contribution in [0.25, 0.3) is 0 Å². The molecule has 1 N–H and O–H groups in total. The van der Waals surface area contributed by atoms with Crippen molar-refractivity contribution >= 4 is 16.0 Å². The first-order valence-electron chi connectivity index (χ1n) is 7.23. The summed E-state index contributed by atoms with van der Waals surface area (Å²) in [5.74, 6) is -0.780. The summed E-state index contributed by atoms with van der Waals surface area (Å²) < 4.78 is 37.1. The van der Waals surface area contributed by atoms with E-state index in [4.69, 9.17) is 9.47 Å². The minimum Gasteiger partial charge on any atom is -0.492 e. The third kappa shape index (κ3) is 3.19. The number of sulfonamides is 1. The van der Waals surface area contributed by atoms with Gasteiger partial charge in [-0.15, -0.1) is 0 Å². The molecule has 1 heterocycles. The van der Waals surface area contributed by atoms with Crippen molar-refractivity contribution in [3.8, 4) is 5.75 Å². The molecule has 7 nitrogen and oxygen atoms in total. The Morgan fingerprint density at radius 3 is 2.57 bits per heavy atom. The quantitative estimate of drug-likeness (QED) is 0.797. The normalized spacial score (nSPS) is 17.5. The fourth-order valence-electron chi connectivity index (χ4n) is 2.59. The number of hydrogen-bond acceptors (Lipinski definition) is 5. The molecular weight excluding hydrogens is 322 g/mol. The van der Waals surface area contributed by atoms with Crippen LogP contribution in [0.2, 0.25) is 0 Å². The lowest BCUT2D eigenvalue weighted by atomic mass is 9.83. The minimum atomic E-state index is -3.81. The number of nitrogens with zero attached hydrogens (tertiary/aromatic N) is 1. The van der Waals surface area contributed by atoms with E-state index in [9.17, 15) is 18.3 Å². The standard InChI is InChI=1S/C15H21NO6S/c1-4-22-12-6-5-11(2)7-13(12)23(19,20)16-8-15(9-16,10-21-3)14(17)18/h5-7H,4,8-10H2,1-3H3,(H,17,18). The summed E-state index contributed by atoms with van der Waals surface area (Å²) in [6.45, 7) is 3.65. The van der Waals surface area contributed by atoms with Crippen LogP contribution in [0.15, 0.2) is 23.1 Å². The molecule has 128 valence electrons. The second kappa shape index (κ2) is 6.46. The minimum absolute atomic E-state index is 0.0273. The summed E-state index contributed by atoms with van der Waals surface area (Å²) >= 11 is 0. The lowest BCUT2D eigenvalue weighted by Gasteiger charge is -2.45. The maximum atomic E-state index is 12.8. The molecule has 1 saturated heterocycles. The molecule has 23 heavy (non-hydrogen) atoms. The maximum absolute atomic E-state index is 12.8. The van der Waals surface area contributed by atoms with Crippen molar-refractivity contribution in [2.45, 2.75) is 18.7 Å². The fourth-order valence-corrected chi connectivity index (χ4v) is 4.42. The SMILES string of the molecule is CCOc1ccc(C)cc1S(=O)(=O)N1CC(COC)(C(=O)O)C1. The van der Waals surface area contributed by atoms with Gasteiger partial charge >= 0.3 is 5.97 Å². The van der Waals surface area contributed by atoms with Crippen LogP contribution in [0.3, 0.4) is 0 Å². The molecule has 0 aliphatic carbocycles. The summed E-state index contributed by atoms with van der Waals surface area (Å²) in [4.78, 5) is 11.5. The molecule has 1 aliphatic heterocycles. The van der Waals surface area contributed by atoms with Crippen molar-refractivity contribution in [1.29, 1.82) is 0 Å². The number of aryl methyl sites for hydroxylation is 1. The second-order valence-electron chi connectivity index (χ2n) is 5.67. The zero-order valence-corrected chi connectivity index (χ0v) is 14.2. The molecule has 0 unspecified atom stereocenters. The lowest BCUT2D eigenvalue weighted by molar-refractivity contribution is -0.161. The van der Waals surface area contributed by atoms with Crippen LogP contribution in [-0.2, 0) is 19.6 Å². The van der Waals surface area contributed by atoms with E-state index in [2.05, 4.69) is 0 Å². The van der Waals surface area contributed by atoms with Gasteiger partial charge in [0.25, 0.3) is 0 Å². The van der Waals surface area contributed by atoms with Crippen molar-refractivity contribution < 1.29 is 27.8 Å². The fraction of sp³-hybridized carbons (Fsp3) is 0.533. The highest BCUT2D eigenvalue weighted by Gasteiger charge is 2.54. The van der Waals surface area contributed by atoms with Crippen LogP contribution in [0.5, 0.6) is 5.75 Å². The summed E-state index contributed by atoms with van der Waals surface area (Å²) in [7, 11) is -2.41. The van der Waals surface area contributed by atoms with Crippen LogP contribution < -0.4 is 4.74 Å². The second-order valence-corrected chi connectivity index (χ2v) is 7.58. The van der Waals surface area contributed by atoms with Gasteiger partial charge in [0.05, 0.1) is 13.2 Å². The van der Waals surface area contributed by atoms with E-state index in [1.807, 2.05) is 0 Å². The molecule has 1 aromatic carbocycles. The van der Waals surface area contributed by atoms with Gasteiger partial charge in [0.1, 0.15) is 16.1 Å². The Morgan fingerprint density at radius 2 is 2.04 bits per heavy atom. The van der Waals surface area contributed by atoms with E-state index in [0.717, 1.165) is 9.87 Å². The molecular formula is C15H21NO6S. The summed E-state index contributed by atoms with van der Waals surface area (Å²) in [5, 5.41) is 9.33. The number of hydrogen-bond donors (Lipinski definition) is 1. The molecule has 1 fully saturated rings. The number of rotatable bonds is 7. The van der Waals surface area contributed by atoms with Crippen LogP contribution in [0.4, 0.5) is 0 Å². The van der Waals surface area contributed by atoms with Crippen molar-refractivity contribution in [3.05, 3.63) is 23.8 Å². The monoisotopic (exact) mass is 343 g/mol. The molecule has 0 aromatic heterocycles. The molecule has 0 saturated carbocycles. The van der Waals surface area contributed by atoms with Gasteiger partial charge in [-0.25, -0.2) is 8.42 Å². The zero-order chi connectivity index (χ0) is 17.3. The first-order chi connectivity index (χ1) is 10.8. The van der Waals surface area contributed by atoms with Gasteiger partial charge in [0.15, 0.2) is 0 Å². The third-order valence-electron chi connectivity index (χ3n) is 3.85. The number of carboxylic acids is 1. The van der Waals surface area contributed by atoms with E-state index in [-0.39, 0.29) is 30.3 Å². The molecule has 2 rings (SSSR count). The third-order valence-corrected chi connectivity index (χ3v) is 5.66. The number of carboxylic acid groups (broad SMARTS) is 1. The Kier molecular flexibility index (Phi) is 4.98. The van der Waals surface area contributed by atoms with Crippen LogP contribution in [-0.4, -0.2) is 57.2 Å². The summed E-state index contributed by atoms with van der Waals surface area (Å²) in [6.07, 6.45) is 0. The van der Waals surface area contributed by atoms with E-state index in [1.165, 1.54) is 13.2 Å². The Balaban J connectivity index is 2.31. The van der Waals surface area contributed by atoms with Gasteiger partial charge in [0.2, 0.25) is 10.0 Å².